The van der Waals surface area contributed by atoms with Gasteiger partial charge in [-0.1, -0.05) is 47.6 Å². The molecule has 0 unspecified atom stereocenters. The quantitative estimate of drug-likeness (QED) is 0.276. The third-order valence-electron chi connectivity index (χ3n) is 5.15. The number of thioether (sulfide) groups is 1. The summed E-state index contributed by atoms with van der Waals surface area (Å²) in [7, 11) is 0. The minimum absolute atomic E-state index is 0.0568. The summed E-state index contributed by atoms with van der Waals surface area (Å²) >= 11 is 7.72. The number of hydrogen-bond donors (Lipinski definition) is 0. The van der Waals surface area contributed by atoms with E-state index in [2.05, 4.69) is 5.10 Å². The van der Waals surface area contributed by atoms with Crippen molar-refractivity contribution in [2.75, 3.05) is 0 Å². The normalized spacial score (nSPS) is 11.4. The van der Waals surface area contributed by atoms with Crippen molar-refractivity contribution in [3.63, 3.8) is 0 Å². The van der Waals surface area contributed by atoms with E-state index in [9.17, 15) is 9.18 Å². The zero-order chi connectivity index (χ0) is 22.0. The van der Waals surface area contributed by atoms with Crippen molar-refractivity contribution >= 4 is 34.3 Å². The molecule has 2 heterocycles. The first-order valence-corrected chi connectivity index (χ1v) is 11.4. The smallest absolute Gasteiger partial charge is 0.262 e. The molecule has 31 heavy (non-hydrogen) atoms. The van der Waals surface area contributed by atoms with Gasteiger partial charge in [-0.2, -0.15) is 5.10 Å². The summed E-state index contributed by atoms with van der Waals surface area (Å²) < 4.78 is 16.8. The summed E-state index contributed by atoms with van der Waals surface area (Å²) in [6, 6.07) is 13.7. The molecule has 2 aromatic heterocycles. The molecule has 4 rings (SSSR count). The fourth-order valence-electron chi connectivity index (χ4n) is 3.45. The molecule has 4 aromatic rings. The Labute approximate surface area is 188 Å². The standard InChI is InChI=1S/C23H22ClFN4OS/c1-15-21(24)16(2)29(27-15)13-5-12-28-22(30)19-6-3-4-7-20(19)26-23(28)31-14-17-8-10-18(25)11-9-17/h3-4,6-11H,5,12-14H2,1-2H3. The third-order valence-corrected chi connectivity index (χ3v) is 6.75. The predicted molar refractivity (Wildman–Crippen MR) is 123 cm³/mol. The molecular formula is C23H22ClFN4OS. The lowest BCUT2D eigenvalue weighted by Gasteiger charge is -2.13. The summed E-state index contributed by atoms with van der Waals surface area (Å²) in [6.45, 7) is 4.99. The van der Waals surface area contributed by atoms with Crippen LogP contribution < -0.4 is 5.56 Å². The molecule has 2 aromatic carbocycles. The zero-order valence-electron chi connectivity index (χ0n) is 17.3. The summed E-state index contributed by atoms with van der Waals surface area (Å²) in [4.78, 5) is 17.9. The van der Waals surface area contributed by atoms with Crippen LogP contribution in [0.4, 0.5) is 4.39 Å². The number of para-hydroxylation sites is 1. The fraction of sp³-hybridized carbons (Fsp3) is 0.261. The van der Waals surface area contributed by atoms with Crippen LogP contribution in [0, 0.1) is 19.7 Å². The van der Waals surface area contributed by atoms with Crippen LogP contribution in [0.3, 0.4) is 0 Å². The fourth-order valence-corrected chi connectivity index (χ4v) is 4.57. The van der Waals surface area contributed by atoms with Crippen molar-refractivity contribution in [1.82, 2.24) is 19.3 Å². The molecule has 0 N–H and O–H groups in total. The van der Waals surface area contributed by atoms with Crippen molar-refractivity contribution in [2.24, 2.45) is 0 Å². The molecule has 5 nitrogen and oxygen atoms in total. The van der Waals surface area contributed by atoms with Gasteiger partial charge in [0.1, 0.15) is 5.82 Å². The lowest BCUT2D eigenvalue weighted by Crippen LogP contribution is -2.24. The molecule has 0 spiro atoms. The molecule has 0 saturated carbocycles. The molecule has 0 aliphatic heterocycles. The summed E-state index contributed by atoms with van der Waals surface area (Å²) in [5.41, 5.74) is 3.32. The largest absolute Gasteiger partial charge is 0.287 e. The molecule has 0 aliphatic rings. The average molecular weight is 457 g/mol. The first kappa shape index (κ1) is 21.6. The molecule has 0 aliphatic carbocycles. The number of fused-ring (bicyclic) bond motifs is 1. The Hall–Kier alpha value is -2.64. The lowest BCUT2D eigenvalue weighted by atomic mass is 10.2. The number of hydrogen-bond acceptors (Lipinski definition) is 4. The van der Waals surface area contributed by atoms with Crippen LogP contribution in [0.5, 0.6) is 0 Å². The summed E-state index contributed by atoms with van der Waals surface area (Å²) in [5.74, 6) is 0.330. The highest BCUT2D eigenvalue weighted by Crippen LogP contribution is 2.23. The van der Waals surface area contributed by atoms with E-state index in [-0.39, 0.29) is 11.4 Å². The molecule has 0 fully saturated rings. The lowest BCUT2D eigenvalue weighted by molar-refractivity contribution is 0.487. The van der Waals surface area contributed by atoms with Crippen molar-refractivity contribution < 1.29 is 4.39 Å². The number of aromatic nitrogens is 4. The molecule has 0 amide bonds. The van der Waals surface area contributed by atoms with Crippen molar-refractivity contribution in [1.29, 1.82) is 0 Å². The number of rotatable bonds is 7. The monoisotopic (exact) mass is 456 g/mol. The second-order valence-electron chi connectivity index (χ2n) is 7.34. The summed E-state index contributed by atoms with van der Waals surface area (Å²) in [6.07, 6.45) is 0.711. The molecule has 8 heteroatoms. The summed E-state index contributed by atoms with van der Waals surface area (Å²) in [5, 5.41) is 6.40. The van der Waals surface area contributed by atoms with Crippen LogP contribution in [0.2, 0.25) is 5.02 Å². The van der Waals surface area contributed by atoms with E-state index < -0.39 is 0 Å². The Morgan fingerprint density at radius 2 is 1.81 bits per heavy atom. The van der Waals surface area contributed by atoms with E-state index in [0.29, 0.717) is 46.3 Å². The first-order chi connectivity index (χ1) is 14.9. The van der Waals surface area contributed by atoms with E-state index in [4.69, 9.17) is 16.6 Å². The maximum absolute atomic E-state index is 13.2. The van der Waals surface area contributed by atoms with E-state index >= 15 is 0 Å². The van der Waals surface area contributed by atoms with Crippen molar-refractivity contribution in [2.45, 2.75) is 44.3 Å². The topological polar surface area (TPSA) is 52.7 Å². The van der Waals surface area contributed by atoms with Gasteiger partial charge in [0.2, 0.25) is 0 Å². The molecule has 0 radical (unpaired) electrons. The van der Waals surface area contributed by atoms with Crippen LogP contribution in [-0.2, 0) is 18.8 Å². The van der Waals surface area contributed by atoms with Gasteiger partial charge in [0.25, 0.3) is 5.56 Å². The van der Waals surface area contributed by atoms with Gasteiger partial charge in [-0.3, -0.25) is 14.0 Å². The minimum Gasteiger partial charge on any atom is -0.287 e. The van der Waals surface area contributed by atoms with E-state index in [1.54, 1.807) is 22.8 Å². The molecule has 0 atom stereocenters. The van der Waals surface area contributed by atoms with Gasteiger partial charge in [-0.25, -0.2) is 9.37 Å². The van der Waals surface area contributed by atoms with E-state index in [0.717, 1.165) is 17.0 Å². The van der Waals surface area contributed by atoms with E-state index in [1.807, 2.05) is 36.7 Å². The number of halogens is 2. The molecule has 0 bridgehead atoms. The van der Waals surface area contributed by atoms with Crippen LogP contribution in [-0.4, -0.2) is 19.3 Å². The maximum Gasteiger partial charge on any atom is 0.262 e. The highest BCUT2D eigenvalue weighted by atomic mass is 35.5. The van der Waals surface area contributed by atoms with Gasteiger partial charge in [-0.15, -0.1) is 0 Å². The molecule has 160 valence electrons. The van der Waals surface area contributed by atoms with Gasteiger partial charge in [0.05, 0.1) is 27.3 Å². The van der Waals surface area contributed by atoms with Crippen molar-refractivity contribution in [3.05, 3.63) is 86.7 Å². The highest BCUT2D eigenvalue weighted by molar-refractivity contribution is 7.98. The highest BCUT2D eigenvalue weighted by Gasteiger charge is 2.13. The number of aryl methyl sites for hydroxylation is 2. The minimum atomic E-state index is -0.265. The van der Waals surface area contributed by atoms with Gasteiger partial charge < -0.3 is 0 Å². The SMILES string of the molecule is Cc1nn(CCCn2c(SCc3ccc(F)cc3)nc3ccccc3c2=O)c(C)c1Cl. The Bertz CT molecular complexity index is 1280. The van der Waals surface area contributed by atoms with Crippen LogP contribution in [0.1, 0.15) is 23.4 Å². The third kappa shape index (κ3) is 4.67. The predicted octanol–water partition coefficient (Wildman–Crippen LogP) is 5.38. The van der Waals surface area contributed by atoms with Gasteiger partial charge in [0.15, 0.2) is 5.16 Å². The molecular weight excluding hydrogens is 435 g/mol. The Morgan fingerprint density at radius 1 is 1.06 bits per heavy atom. The van der Waals surface area contributed by atoms with Crippen LogP contribution in [0.25, 0.3) is 10.9 Å². The Kier molecular flexibility index (Phi) is 6.43. The number of benzene rings is 2. The average Bonchev–Trinajstić information content (AvgIpc) is 3.02. The van der Waals surface area contributed by atoms with Gasteiger partial charge in [-0.05, 0) is 50.1 Å². The second-order valence-corrected chi connectivity index (χ2v) is 8.67. The second kappa shape index (κ2) is 9.24. The Balaban J connectivity index is 1.59. The van der Waals surface area contributed by atoms with Crippen molar-refractivity contribution in [3.8, 4) is 0 Å². The zero-order valence-corrected chi connectivity index (χ0v) is 18.9. The molecule has 0 saturated heterocycles. The van der Waals surface area contributed by atoms with Gasteiger partial charge >= 0.3 is 0 Å². The van der Waals surface area contributed by atoms with Crippen LogP contribution in [0.15, 0.2) is 58.5 Å². The Morgan fingerprint density at radius 3 is 2.52 bits per heavy atom. The number of nitrogens with zero attached hydrogens (tertiary/aromatic N) is 4. The van der Waals surface area contributed by atoms with Crippen LogP contribution >= 0.6 is 23.4 Å². The van der Waals surface area contributed by atoms with Gasteiger partial charge in [0, 0.05) is 18.8 Å². The maximum atomic E-state index is 13.2. The first-order valence-electron chi connectivity index (χ1n) is 10.0. The van der Waals surface area contributed by atoms with E-state index in [1.165, 1.54) is 23.9 Å².